The number of hydrogen-bond donors (Lipinski definition) is 1. The van der Waals surface area contributed by atoms with Gasteiger partial charge < -0.3 is 10.1 Å². The summed E-state index contributed by atoms with van der Waals surface area (Å²) in [6.45, 7) is 1.82. The third kappa shape index (κ3) is 3.06. The van der Waals surface area contributed by atoms with Crippen LogP contribution in [-0.2, 0) is 5.92 Å². The van der Waals surface area contributed by atoms with E-state index in [0.29, 0.717) is 6.54 Å². The molecule has 0 aliphatic heterocycles. The van der Waals surface area contributed by atoms with Crippen LogP contribution in [0.3, 0.4) is 0 Å². The van der Waals surface area contributed by atoms with Crippen molar-refractivity contribution in [2.45, 2.75) is 12.8 Å². The van der Waals surface area contributed by atoms with Crippen molar-refractivity contribution >= 4 is 11.6 Å². The lowest BCUT2D eigenvalue weighted by molar-refractivity contribution is -0.00473. The molecule has 1 aromatic carbocycles. The zero-order valence-electron chi connectivity index (χ0n) is 9.19. The second kappa shape index (κ2) is 5.46. The van der Waals surface area contributed by atoms with E-state index in [0.717, 1.165) is 0 Å². The molecule has 1 aromatic rings. The van der Waals surface area contributed by atoms with E-state index in [2.05, 4.69) is 5.32 Å². The van der Waals surface area contributed by atoms with Crippen LogP contribution in [-0.4, -0.2) is 20.2 Å². The predicted molar refractivity (Wildman–Crippen MR) is 60.4 cm³/mol. The van der Waals surface area contributed by atoms with Gasteiger partial charge in [0.1, 0.15) is 5.75 Å². The summed E-state index contributed by atoms with van der Waals surface area (Å²) in [4.78, 5) is 0. The Bertz CT molecular complexity index is 358. The molecule has 0 aromatic heterocycles. The zero-order valence-corrected chi connectivity index (χ0v) is 9.94. The van der Waals surface area contributed by atoms with Crippen LogP contribution in [0.15, 0.2) is 18.2 Å². The lowest BCUT2D eigenvalue weighted by Crippen LogP contribution is -2.30. The van der Waals surface area contributed by atoms with Crippen molar-refractivity contribution in [1.29, 1.82) is 0 Å². The van der Waals surface area contributed by atoms with E-state index in [1.165, 1.54) is 25.3 Å². The van der Waals surface area contributed by atoms with Crippen LogP contribution in [0, 0.1) is 0 Å². The van der Waals surface area contributed by atoms with Gasteiger partial charge in [-0.25, -0.2) is 0 Å². The van der Waals surface area contributed by atoms with Crippen molar-refractivity contribution in [2.24, 2.45) is 0 Å². The molecule has 1 rings (SSSR count). The van der Waals surface area contributed by atoms with Crippen LogP contribution in [0.2, 0.25) is 5.02 Å². The van der Waals surface area contributed by atoms with Gasteiger partial charge in [0.25, 0.3) is 5.92 Å². The second-order valence-corrected chi connectivity index (χ2v) is 3.77. The highest BCUT2D eigenvalue weighted by molar-refractivity contribution is 6.30. The smallest absolute Gasteiger partial charge is 0.289 e. The van der Waals surface area contributed by atoms with Crippen LogP contribution >= 0.6 is 11.6 Å². The molecule has 0 aliphatic rings. The van der Waals surface area contributed by atoms with Crippen LogP contribution in [0.1, 0.15) is 12.5 Å². The number of nitrogens with one attached hydrogen (secondary N) is 1. The summed E-state index contributed by atoms with van der Waals surface area (Å²) >= 11 is 5.70. The fourth-order valence-corrected chi connectivity index (χ4v) is 1.52. The van der Waals surface area contributed by atoms with E-state index in [4.69, 9.17) is 16.3 Å². The monoisotopic (exact) mass is 249 g/mol. The summed E-state index contributed by atoms with van der Waals surface area (Å²) in [6, 6.07) is 4.20. The third-order valence-electron chi connectivity index (χ3n) is 2.15. The first-order valence-electron chi connectivity index (χ1n) is 4.94. The van der Waals surface area contributed by atoms with Gasteiger partial charge in [0.15, 0.2) is 0 Å². The van der Waals surface area contributed by atoms with Crippen LogP contribution < -0.4 is 10.1 Å². The number of halogens is 3. The van der Waals surface area contributed by atoms with Crippen molar-refractivity contribution in [2.75, 3.05) is 20.2 Å². The van der Waals surface area contributed by atoms with Gasteiger partial charge in [-0.2, -0.15) is 8.78 Å². The highest BCUT2D eigenvalue weighted by Gasteiger charge is 2.34. The molecule has 0 spiro atoms. The van der Waals surface area contributed by atoms with Crippen molar-refractivity contribution in [1.82, 2.24) is 5.32 Å². The van der Waals surface area contributed by atoms with Gasteiger partial charge in [-0.3, -0.25) is 0 Å². The lowest BCUT2D eigenvalue weighted by Gasteiger charge is -2.19. The van der Waals surface area contributed by atoms with Crippen molar-refractivity contribution in [3.8, 4) is 5.75 Å². The Labute approximate surface area is 98.6 Å². The minimum absolute atomic E-state index is 0.146. The van der Waals surface area contributed by atoms with E-state index in [9.17, 15) is 8.78 Å². The second-order valence-electron chi connectivity index (χ2n) is 3.33. The highest BCUT2D eigenvalue weighted by atomic mass is 35.5. The molecule has 0 radical (unpaired) electrons. The Kier molecular flexibility index (Phi) is 4.50. The Hall–Kier alpha value is -0.870. The molecule has 0 heterocycles. The Morgan fingerprint density at radius 3 is 2.69 bits per heavy atom. The van der Waals surface area contributed by atoms with Crippen molar-refractivity contribution in [3.05, 3.63) is 28.8 Å². The summed E-state index contributed by atoms with van der Waals surface area (Å²) in [5, 5.41) is 2.88. The van der Waals surface area contributed by atoms with Gasteiger partial charge in [-0.15, -0.1) is 0 Å². The van der Waals surface area contributed by atoms with Gasteiger partial charge in [-0.05, 0) is 24.7 Å². The molecular weight excluding hydrogens is 236 g/mol. The van der Waals surface area contributed by atoms with Crippen LogP contribution in [0.4, 0.5) is 8.78 Å². The topological polar surface area (TPSA) is 21.3 Å². The molecule has 0 saturated heterocycles. The molecule has 0 aliphatic carbocycles. The van der Waals surface area contributed by atoms with Gasteiger partial charge >= 0.3 is 0 Å². The lowest BCUT2D eigenvalue weighted by atomic mass is 10.1. The molecule has 1 N–H and O–H groups in total. The van der Waals surface area contributed by atoms with E-state index >= 15 is 0 Å². The van der Waals surface area contributed by atoms with Gasteiger partial charge in [0, 0.05) is 5.02 Å². The summed E-state index contributed by atoms with van der Waals surface area (Å²) in [6.07, 6.45) is 0. The standard InChI is InChI=1S/C11H14ClF2NO/c1-3-15-7-11(13,14)9-6-8(12)4-5-10(9)16-2/h4-6,15H,3,7H2,1-2H3. The molecule has 0 unspecified atom stereocenters. The number of benzene rings is 1. The number of hydrogen-bond acceptors (Lipinski definition) is 2. The summed E-state index contributed by atoms with van der Waals surface area (Å²) in [5.74, 6) is -2.85. The minimum Gasteiger partial charge on any atom is -0.496 e. The van der Waals surface area contributed by atoms with Crippen molar-refractivity contribution < 1.29 is 13.5 Å². The number of likely N-dealkylation sites (N-methyl/N-ethyl adjacent to an activating group) is 1. The van der Waals surface area contributed by atoms with E-state index in [-0.39, 0.29) is 16.3 Å². The van der Waals surface area contributed by atoms with Crippen LogP contribution in [0.5, 0.6) is 5.75 Å². The SMILES string of the molecule is CCNCC(F)(F)c1cc(Cl)ccc1OC. The number of methoxy groups -OCH3 is 1. The molecule has 0 fully saturated rings. The highest BCUT2D eigenvalue weighted by Crippen LogP contribution is 2.36. The van der Waals surface area contributed by atoms with Crippen molar-refractivity contribution in [3.63, 3.8) is 0 Å². The fourth-order valence-electron chi connectivity index (χ4n) is 1.34. The Morgan fingerprint density at radius 1 is 1.44 bits per heavy atom. The molecular formula is C11H14ClF2NO. The average Bonchev–Trinajstić information content (AvgIpc) is 2.26. The average molecular weight is 250 g/mol. The molecule has 0 bridgehead atoms. The molecule has 16 heavy (non-hydrogen) atoms. The van der Waals surface area contributed by atoms with Gasteiger partial charge in [0.2, 0.25) is 0 Å². The molecule has 2 nitrogen and oxygen atoms in total. The predicted octanol–water partition coefficient (Wildman–Crippen LogP) is 3.05. The zero-order chi connectivity index (χ0) is 12.2. The van der Waals surface area contributed by atoms with E-state index < -0.39 is 12.5 Å². The first-order chi connectivity index (χ1) is 7.51. The minimum atomic E-state index is -2.99. The van der Waals surface area contributed by atoms with E-state index in [1.807, 2.05) is 0 Å². The number of alkyl halides is 2. The third-order valence-corrected chi connectivity index (χ3v) is 2.39. The molecule has 5 heteroatoms. The fraction of sp³-hybridized carbons (Fsp3) is 0.455. The Balaban J connectivity index is 3.04. The largest absolute Gasteiger partial charge is 0.496 e. The molecule has 0 saturated carbocycles. The molecule has 0 amide bonds. The first-order valence-corrected chi connectivity index (χ1v) is 5.31. The van der Waals surface area contributed by atoms with Gasteiger partial charge in [0.05, 0.1) is 19.2 Å². The number of ether oxygens (including phenoxy) is 1. The molecule has 0 atom stereocenters. The first kappa shape index (κ1) is 13.2. The van der Waals surface area contributed by atoms with Crippen LogP contribution in [0.25, 0.3) is 0 Å². The quantitative estimate of drug-likeness (QED) is 0.866. The maximum Gasteiger partial charge on any atom is 0.289 e. The molecule has 90 valence electrons. The normalized spacial score (nSPS) is 11.6. The van der Waals surface area contributed by atoms with E-state index in [1.54, 1.807) is 6.92 Å². The maximum atomic E-state index is 13.8. The van der Waals surface area contributed by atoms with Gasteiger partial charge in [-0.1, -0.05) is 18.5 Å². The summed E-state index contributed by atoms with van der Waals surface area (Å²) < 4.78 is 32.4. The summed E-state index contributed by atoms with van der Waals surface area (Å²) in [5.41, 5.74) is -0.191. The number of rotatable bonds is 5. The maximum absolute atomic E-state index is 13.8. The summed E-state index contributed by atoms with van der Waals surface area (Å²) in [7, 11) is 1.36. The Morgan fingerprint density at radius 2 is 2.12 bits per heavy atom.